The monoisotopic (exact) mass is 522 g/mol. The normalized spacial score (nSPS) is 13.2. The highest BCUT2D eigenvalue weighted by atomic mass is 19.4. The Hall–Kier alpha value is -4.34. The Balaban J connectivity index is 1.55. The molecule has 0 bridgehead atoms. The zero-order valence-corrected chi connectivity index (χ0v) is 20.7. The van der Waals surface area contributed by atoms with Crippen molar-refractivity contribution in [2.24, 2.45) is 0 Å². The predicted octanol–water partition coefficient (Wildman–Crippen LogP) is 5.89. The molecule has 4 aromatic rings. The molecule has 0 fully saturated rings. The molecule has 1 aliphatic rings. The van der Waals surface area contributed by atoms with E-state index in [0.717, 1.165) is 22.1 Å². The average Bonchev–Trinajstić information content (AvgIpc) is 3.50. The number of carbonyl (C=O) groups is 2. The van der Waals surface area contributed by atoms with Gasteiger partial charge in [-0.15, -0.1) is 0 Å². The summed E-state index contributed by atoms with van der Waals surface area (Å²) in [6.07, 6.45) is -4.55. The van der Waals surface area contributed by atoms with Gasteiger partial charge >= 0.3 is 12.2 Å². The van der Waals surface area contributed by atoms with Crippen molar-refractivity contribution in [3.8, 4) is 22.6 Å². The smallest absolute Gasteiger partial charge is 0.405 e. The summed E-state index contributed by atoms with van der Waals surface area (Å²) in [4.78, 5) is 31.4. The van der Waals surface area contributed by atoms with Crippen LogP contribution in [0.25, 0.3) is 33.6 Å². The molecule has 2 N–H and O–H groups in total. The van der Waals surface area contributed by atoms with E-state index in [-0.39, 0.29) is 30.9 Å². The topological polar surface area (TPSA) is 87.5 Å². The maximum atomic E-state index is 12.7. The van der Waals surface area contributed by atoms with Crippen LogP contribution in [0.3, 0.4) is 0 Å². The molecule has 0 saturated heterocycles. The van der Waals surface area contributed by atoms with E-state index in [1.807, 2.05) is 73.8 Å². The van der Waals surface area contributed by atoms with Crippen LogP contribution >= 0.6 is 0 Å². The van der Waals surface area contributed by atoms with Gasteiger partial charge in [-0.25, -0.2) is 9.78 Å². The standard InChI is InChI=1S/C28H25F3N4O3/c1-16(2)33-27(37)35-13-20-11-22(26(36)32-15-28(29,30)31)34-25(21(20)14-35)19-8-5-7-17(10-19)24-12-18-6-3-4-9-23(18)38-24/h3-12,16H,13-15H2,1-2H3,(H,32,36)(H,33,37). The summed E-state index contributed by atoms with van der Waals surface area (Å²) in [6.45, 7) is 2.67. The molecule has 5 rings (SSSR count). The molecule has 0 saturated carbocycles. The SMILES string of the molecule is CC(C)NC(=O)N1Cc2cc(C(=O)NCC(F)(F)F)nc(-c3cccc(-c4cc5ccccc5o4)c3)c2C1. The minimum atomic E-state index is -4.55. The van der Waals surface area contributed by atoms with Gasteiger partial charge in [-0.2, -0.15) is 13.2 Å². The number of amides is 3. The molecular weight excluding hydrogens is 497 g/mol. The lowest BCUT2D eigenvalue weighted by atomic mass is 9.99. The number of benzene rings is 2. The van der Waals surface area contributed by atoms with Crippen molar-refractivity contribution < 1.29 is 27.2 Å². The number of halogens is 3. The third kappa shape index (κ3) is 5.34. The van der Waals surface area contributed by atoms with Gasteiger partial charge in [-0.3, -0.25) is 4.79 Å². The van der Waals surface area contributed by atoms with Gasteiger partial charge < -0.3 is 20.0 Å². The van der Waals surface area contributed by atoms with Crippen LogP contribution in [0.1, 0.15) is 35.5 Å². The summed E-state index contributed by atoms with van der Waals surface area (Å²) in [6, 6.07) is 18.0. The number of nitrogens with one attached hydrogen (secondary N) is 2. The molecule has 3 heterocycles. The molecule has 0 spiro atoms. The molecule has 2 aromatic carbocycles. The lowest BCUT2D eigenvalue weighted by Gasteiger charge is -2.18. The van der Waals surface area contributed by atoms with Gasteiger partial charge in [-0.1, -0.05) is 36.4 Å². The third-order valence-corrected chi connectivity index (χ3v) is 6.15. The first kappa shape index (κ1) is 25.3. The molecule has 2 aromatic heterocycles. The number of rotatable bonds is 5. The molecule has 38 heavy (non-hydrogen) atoms. The number of pyridine rings is 1. The molecule has 196 valence electrons. The summed E-state index contributed by atoms with van der Waals surface area (Å²) in [5.74, 6) is -0.299. The van der Waals surface area contributed by atoms with Crippen molar-refractivity contribution in [2.45, 2.75) is 39.2 Å². The largest absolute Gasteiger partial charge is 0.456 e. The summed E-state index contributed by atoms with van der Waals surface area (Å²) in [5, 5.41) is 5.68. The van der Waals surface area contributed by atoms with Crippen LogP contribution in [0.15, 0.2) is 65.1 Å². The second-order valence-corrected chi connectivity index (χ2v) is 9.48. The number of urea groups is 1. The van der Waals surface area contributed by atoms with Gasteiger partial charge in [0, 0.05) is 34.7 Å². The zero-order chi connectivity index (χ0) is 27.0. The van der Waals surface area contributed by atoms with E-state index >= 15 is 0 Å². The molecule has 0 atom stereocenters. The molecule has 7 nitrogen and oxygen atoms in total. The van der Waals surface area contributed by atoms with E-state index in [1.165, 1.54) is 6.07 Å². The van der Waals surface area contributed by atoms with Crippen molar-refractivity contribution in [2.75, 3.05) is 6.54 Å². The van der Waals surface area contributed by atoms with E-state index in [9.17, 15) is 22.8 Å². The summed E-state index contributed by atoms with van der Waals surface area (Å²) < 4.78 is 44.2. The van der Waals surface area contributed by atoms with Crippen molar-refractivity contribution in [3.05, 3.63) is 77.5 Å². The maximum Gasteiger partial charge on any atom is 0.405 e. The fourth-order valence-electron chi connectivity index (χ4n) is 4.45. The average molecular weight is 523 g/mol. The Kier molecular flexibility index (Phi) is 6.56. The first-order chi connectivity index (χ1) is 18.1. The molecule has 10 heteroatoms. The third-order valence-electron chi connectivity index (χ3n) is 6.15. The second kappa shape index (κ2) is 9.85. The Morgan fingerprint density at radius 2 is 1.79 bits per heavy atom. The highest BCUT2D eigenvalue weighted by Crippen LogP contribution is 2.35. The summed E-state index contributed by atoms with van der Waals surface area (Å²) in [5.41, 5.74) is 3.82. The van der Waals surface area contributed by atoms with Crippen molar-refractivity contribution in [1.29, 1.82) is 0 Å². The van der Waals surface area contributed by atoms with Crippen LogP contribution in [0.2, 0.25) is 0 Å². The van der Waals surface area contributed by atoms with Crippen molar-refractivity contribution in [3.63, 3.8) is 0 Å². The van der Waals surface area contributed by atoms with Gasteiger partial charge in [0.25, 0.3) is 5.91 Å². The summed E-state index contributed by atoms with van der Waals surface area (Å²) in [7, 11) is 0. The molecule has 3 amide bonds. The fourth-order valence-corrected chi connectivity index (χ4v) is 4.45. The van der Waals surface area contributed by atoms with Crippen LogP contribution in [0.4, 0.5) is 18.0 Å². The van der Waals surface area contributed by atoms with Crippen molar-refractivity contribution >= 4 is 22.9 Å². The number of hydrogen-bond donors (Lipinski definition) is 2. The zero-order valence-electron chi connectivity index (χ0n) is 20.7. The minimum Gasteiger partial charge on any atom is -0.456 e. The number of nitrogens with zero attached hydrogens (tertiary/aromatic N) is 2. The molecule has 0 radical (unpaired) electrons. The lowest BCUT2D eigenvalue weighted by Crippen LogP contribution is -2.40. The van der Waals surface area contributed by atoms with Crippen LogP contribution in [-0.2, 0) is 13.1 Å². The van der Waals surface area contributed by atoms with E-state index in [0.29, 0.717) is 22.6 Å². The number of para-hydroxylation sites is 1. The Morgan fingerprint density at radius 3 is 2.53 bits per heavy atom. The van der Waals surface area contributed by atoms with Crippen LogP contribution in [0, 0.1) is 0 Å². The highest BCUT2D eigenvalue weighted by molar-refractivity contribution is 5.94. The van der Waals surface area contributed by atoms with E-state index in [1.54, 1.807) is 4.90 Å². The van der Waals surface area contributed by atoms with E-state index in [4.69, 9.17) is 4.42 Å². The predicted molar refractivity (Wildman–Crippen MR) is 136 cm³/mol. The Bertz CT molecular complexity index is 1490. The molecular formula is C28H25F3N4O3. The molecule has 1 aliphatic heterocycles. The first-order valence-electron chi connectivity index (χ1n) is 12.1. The summed E-state index contributed by atoms with van der Waals surface area (Å²) >= 11 is 0. The van der Waals surface area contributed by atoms with E-state index < -0.39 is 18.6 Å². The van der Waals surface area contributed by atoms with Crippen molar-refractivity contribution in [1.82, 2.24) is 20.5 Å². The van der Waals surface area contributed by atoms with Gasteiger partial charge in [0.2, 0.25) is 0 Å². The number of furan rings is 1. The second-order valence-electron chi connectivity index (χ2n) is 9.48. The lowest BCUT2D eigenvalue weighted by molar-refractivity contribution is -0.123. The Morgan fingerprint density at radius 1 is 1.03 bits per heavy atom. The minimum absolute atomic E-state index is 0.0759. The molecule has 0 unspecified atom stereocenters. The molecule has 0 aliphatic carbocycles. The maximum absolute atomic E-state index is 12.7. The first-order valence-corrected chi connectivity index (χ1v) is 12.1. The Labute approximate surface area is 216 Å². The highest BCUT2D eigenvalue weighted by Gasteiger charge is 2.31. The van der Waals surface area contributed by atoms with Gasteiger partial charge in [0.15, 0.2) is 0 Å². The number of alkyl halides is 3. The number of fused-ring (bicyclic) bond motifs is 2. The fraction of sp³-hybridized carbons (Fsp3) is 0.250. The van der Waals surface area contributed by atoms with Gasteiger partial charge in [0.05, 0.1) is 12.2 Å². The number of hydrogen-bond acceptors (Lipinski definition) is 4. The number of carbonyl (C=O) groups excluding carboxylic acids is 2. The van der Waals surface area contributed by atoms with Gasteiger partial charge in [-0.05, 0) is 43.7 Å². The quantitative estimate of drug-likeness (QED) is 0.342. The van der Waals surface area contributed by atoms with E-state index in [2.05, 4.69) is 10.3 Å². The van der Waals surface area contributed by atoms with Gasteiger partial charge in [0.1, 0.15) is 23.6 Å². The van der Waals surface area contributed by atoms with Crippen LogP contribution < -0.4 is 10.6 Å². The van der Waals surface area contributed by atoms with Crippen LogP contribution in [0.5, 0.6) is 0 Å². The number of aromatic nitrogens is 1. The van der Waals surface area contributed by atoms with Crippen LogP contribution in [-0.4, -0.2) is 40.6 Å².